The predicted octanol–water partition coefficient (Wildman–Crippen LogP) is 3.73. The Bertz CT molecular complexity index is 1420. The molecule has 1 fully saturated rings. The Kier molecular flexibility index (Phi) is 5.05. The summed E-state index contributed by atoms with van der Waals surface area (Å²) in [7, 11) is 1.65. The van der Waals surface area contributed by atoms with Crippen molar-refractivity contribution in [3.8, 4) is 11.8 Å². The molecule has 0 spiro atoms. The normalized spacial score (nSPS) is 16.5. The highest BCUT2D eigenvalue weighted by Crippen LogP contribution is 2.36. The van der Waals surface area contributed by atoms with Crippen LogP contribution in [0.5, 0.6) is 5.75 Å². The average Bonchev–Trinajstić information content (AvgIpc) is 3.36. The summed E-state index contributed by atoms with van der Waals surface area (Å²) in [5.74, 6) is 0.346. The Morgan fingerprint density at radius 1 is 1.30 bits per heavy atom. The lowest BCUT2D eigenvalue weighted by Gasteiger charge is -2.24. The molecule has 8 nitrogen and oxygen atoms in total. The van der Waals surface area contributed by atoms with Gasteiger partial charge in [0.2, 0.25) is 0 Å². The molecule has 166 valence electrons. The minimum Gasteiger partial charge on any atom is -0.491 e. The second-order valence-corrected chi connectivity index (χ2v) is 8.15. The van der Waals surface area contributed by atoms with Crippen LogP contribution in [-0.4, -0.2) is 38.8 Å². The van der Waals surface area contributed by atoms with Gasteiger partial charge in [-0.15, -0.1) is 0 Å². The molecule has 6 rings (SSSR count). The summed E-state index contributed by atoms with van der Waals surface area (Å²) in [6.07, 6.45) is 5.44. The van der Waals surface area contributed by atoms with Gasteiger partial charge in [-0.25, -0.2) is 14.4 Å². The molecule has 9 heteroatoms. The summed E-state index contributed by atoms with van der Waals surface area (Å²) < 4.78 is 22.1. The Labute approximate surface area is 189 Å². The fourth-order valence-corrected chi connectivity index (χ4v) is 3.87. The monoisotopic (exact) mass is 444 g/mol. The first-order chi connectivity index (χ1) is 16.0. The number of benzene rings is 2. The van der Waals surface area contributed by atoms with Crippen LogP contribution in [0.1, 0.15) is 34.8 Å². The van der Waals surface area contributed by atoms with E-state index in [9.17, 15) is 9.18 Å². The van der Waals surface area contributed by atoms with E-state index in [-0.39, 0.29) is 17.4 Å². The zero-order valence-electron chi connectivity index (χ0n) is 17.9. The van der Waals surface area contributed by atoms with Gasteiger partial charge < -0.3 is 15.4 Å². The van der Waals surface area contributed by atoms with Crippen LogP contribution in [0.25, 0.3) is 16.6 Å². The Hall–Kier alpha value is -4.19. The number of anilines is 1. The first kappa shape index (κ1) is 20.7. The van der Waals surface area contributed by atoms with Gasteiger partial charge in [0.05, 0.1) is 41.2 Å². The number of imidazole rings is 1. The van der Waals surface area contributed by atoms with E-state index in [0.717, 1.165) is 24.2 Å². The number of hydrogen-bond acceptors (Lipinski definition) is 6. The molecule has 1 amide bonds. The van der Waals surface area contributed by atoms with Crippen molar-refractivity contribution in [2.45, 2.75) is 18.9 Å². The first-order valence-electron chi connectivity index (χ1n) is 10.6. The van der Waals surface area contributed by atoms with Gasteiger partial charge in [0.1, 0.15) is 29.5 Å². The molecule has 0 radical (unpaired) electrons. The van der Waals surface area contributed by atoms with E-state index in [1.807, 2.05) is 24.3 Å². The molecular formula is C24H21FN6O2. The number of carbonyl (C=O) groups excluding carboxylic acids is 1. The molecule has 2 aromatic carbocycles. The molecule has 3 heterocycles. The smallest absolute Gasteiger partial charge is 0.257 e. The fourth-order valence-electron chi connectivity index (χ4n) is 3.87. The van der Waals surface area contributed by atoms with Crippen LogP contribution in [0, 0.1) is 23.1 Å². The largest absolute Gasteiger partial charge is 0.491 e. The molecule has 2 aliphatic rings. The van der Waals surface area contributed by atoms with Gasteiger partial charge in [-0.2, -0.15) is 5.26 Å². The summed E-state index contributed by atoms with van der Waals surface area (Å²) >= 11 is 0. The van der Waals surface area contributed by atoms with E-state index in [1.54, 1.807) is 24.0 Å². The van der Waals surface area contributed by atoms with Gasteiger partial charge in [0, 0.05) is 24.6 Å². The predicted molar refractivity (Wildman–Crippen MR) is 120 cm³/mol. The number of halogens is 1. The number of fused-ring (bicyclic) bond motifs is 4. The third-order valence-corrected chi connectivity index (χ3v) is 5.92. The maximum absolute atomic E-state index is 14.8. The van der Waals surface area contributed by atoms with Gasteiger partial charge in [0.25, 0.3) is 5.91 Å². The van der Waals surface area contributed by atoms with Gasteiger partial charge in [-0.3, -0.25) is 9.20 Å². The topological polar surface area (TPSA) is 110 Å². The molecular weight excluding hydrogens is 423 g/mol. The Balaban J connectivity index is 0.000000406. The Morgan fingerprint density at radius 2 is 2.09 bits per heavy atom. The number of nitrogens with zero attached hydrogens (tertiary/aromatic N) is 5. The van der Waals surface area contributed by atoms with E-state index in [2.05, 4.69) is 16.0 Å². The zero-order valence-corrected chi connectivity index (χ0v) is 17.9. The van der Waals surface area contributed by atoms with Crippen molar-refractivity contribution in [3.05, 3.63) is 65.9 Å². The zero-order chi connectivity index (χ0) is 23.1. The fraction of sp³-hybridized carbons (Fsp3) is 0.250. The third kappa shape index (κ3) is 3.69. The first-order valence-corrected chi connectivity index (χ1v) is 10.6. The van der Waals surface area contributed by atoms with Crippen molar-refractivity contribution in [3.63, 3.8) is 0 Å². The number of ether oxygens (including phenoxy) is 1. The second-order valence-electron chi connectivity index (χ2n) is 8.15. The summed E-state index contributed by atoms with van der Waals surface area (Å²) in [4.78, 5) is 22.9. The van der Waals surface area contributed by atoms with Crippen molar-refractivity contribution < 1.29 is 13.9 Å². The number of rotatable bonds is 2. The number of hydrogen-bond donors (Lipinski definition) is 1. The highest BCUT2D eigenvalue weighted by molar-refractivity contribution is 5.98. The number of para-hydroxylation sites is 1. The summed E-state index contributed by atoms with van der Waals surface area (Å²) in [6.45, 7) is 0.334. The van der Waals surface area contributed by atoms with E-state index >= 15 is 0 Å². The number of nitriles is 1. The van der Waals surface area contributed by atoms with Crippen LogP contribution >= 0.6 is 0 Å². The number of amides is 1. The van der Waals surface area contributed by atoms with Crippen molar-refractivity contribution in [2.75, 3.05) is 19.4 Å². The highest BCUT2D eigenvalue weighted by Gasteiger charge is 2.31. The molecule has 1 aliphatic carbocycles. The average molecular weight is 444 g/mol. The minimum absolute atomic E-state index is 0.0408. The molecule has 4 aromatic rings. The van der Waals surface area contributed by atoms with E-state index in [0.29, 0.717) is 29.1 Å². The van der Waals surface area contributed by atoms with Crippen molar-refractivity contribution in [2.24, 2.45) is 5.92 Å². The molecule has 0 bridgehead atoms. The number of carbonyl (C=O) groups is 1. The molecule has 1 unspecified atom stereocenters. The molecule has 33 heavy (non-hydrogen) atoms. The number of likely N-dealkylation sites (N-methyl/N-ethyl adjacent to an activating group) is 1. The minimum atomic E-state index is -0.650. The quantitative estimate of drug-likeness (QED) is 0.505. The van der Waals surface area contributed by atoms with Crippen LogP contribution in [0.2, 0.25) is 0 Å². The molecule has 1 atom stereocenters. The number of nitrogens with two attached hydrogens (primary N) is 1. The van der Waals surface area contributed by atoms with E-state index in [4.69, 9.17) is 15.7 Å². The van der Waals surface area contributed by atoms with Crippen LogP contribution < -0.4 is 10.5 Å². The molecule has 1 saturated carbocycles. The molecule has 2 N–H and O–H groups in total. The van der Waals surface area contributed by atoms with Crippen LogP contribution in [-0.2, 0) is 0 Å². The second kappa shape index (κ2) is 8.06. The summed E-state index contributed by atoms with van der Waals surface area (Å²) in [5.41, 5.74) is 8.29. The van der Waals surface area contributed by atoms with Crippen LogP contribution in [0.3, 0.4) is 0 Å². The SMILES string of the molecule is CN(C(=O)c1cc2c(cc1F)nc(N)c1cncn12)C1COc2ccccc21.N#CC1CC1. The van der Waals surface area contributed by atoms with Gasteiger partial charge in [-0.1, -0.05) is 18.2 Å². The standard InChI is InChI=1S/C20H16FN5O2.C4H5N/c1-25(17-9-28-18-5-3-2-4-11(17)18)20(27)12-6-15-14(7-13(12)21)24-19(22)16-8-23-10-26(15)16;5-3-4-1-2-4/h2-8,10,17H,9H2,1H3,(H2,22,24);4H,1-2H2. The molecule has 2 aromatic heterocycles. The van der Waals surface area contributed by atoms with Gasteiger partial charge >= 0.3 is 0 Å². The van der Waals surface area contributed by atoms with Gasteiger partial charge in [0.15, 0.2) is 0 Å². The van der Waals surface area contributed by atoms with Gasteiger partial charge in [-0.05, 0) is 25.0 Å². The lowest BCUT2D eigenvalue weighted by Crippen LogP contribution is -2.32. The number of nitrogen functional groups attached to an aromatic ring is 1. The van der Waals surface area contributed by atoms with E-state index < -0.39 is 11.7 Å². The third-order valence-electron chi connectivity index (χ3n) is 5.92. The summed E-state index contributed by atoms with van der Waals surface area (Å²) in [6, 6.07) is 12.1. The molecule has 0 saturated heterocycles. The lowest BCUT2D eigenvalue weighted by atomic mass is 10.1. The van der Waals surface area contributed by atoms with Crippen LogP contribution in [0.4, 0.5) is 10.2 Å². The lowest BCUT2D eigenvalue weighted by molar-refractivity contribution is 0.0704. The van der Waals surface area contributed by atoms with Crippen molar-refractivity contribution in [1.82, 2.24) is 19.3 Å². The van der Waals surface area contributed by atoms with E-state index in [1.165, 1.54) is 17.0 Å². The summed E-state index contributed by atoms with van der Waals surface area (Å²) in [5, 5.41) is 7.96. The van der Waals surface area contributed by atoms with Crippen molar-refractivity contribution >= 4 is 28.3 Å². The van der Waals surface area contributed by atoms with Crippen LogP contribution in [0.15, 0.2) is 48.9 Å². The van der Waals surface area contributed by atoms with Crippen molar-refractivity contribution in [1.29, 1.82) is 5.26 Å². The number of aromatic nitrogens is 3. The maximum atomic E-state index is 14.8. The Morgan fingerprint density at radius 3 is 2.82 bits per heavy atom. The maximum Gasteiger partial charge on any atom is 0.257 e. The highest BCUT2D eigenvalue weighted by atomic mass is 19.1. The molecule has 1 aliphatic heterocycles.